The molecule has 142 valence electrons. The highest BCUT2D eigenvalue weighted by molar-refractivity contribution is 5.96. The molecule has 0 bridgehead atoms. The molecule has 0 aromatic heterocycles. The summed E-state index contributed by atoms with van der Waals surface area (Å²) in [5.74, 6) is 0.819. The van der Waals surface area contributed by atoms with E-state index in [9.17, 15) is 4.79 Å². The smallest absolute Gasteiger partial charge is 0.231 e. The van der Waals surface area contributed by atoms with Gasteiger partial charge in [-0.05, 0) is 49.1 Å². The molecular weight excluding hydrogens is 348 g/mol. The number of carbonyl (C=O) groups excluding carboxylic acids is 1. The third-order valence-electron chi connectivity index (χ3n) is 5.06. The van der Waals surface area contributed by atoms with Crippen molar-refractivity contribution in [3.05, 3.63) is 59.7 Å². The van der Waals surface area contributed by atoms with Gasteiger partial charge in [-0.25, -0.2) is 0 Å². The van der Waals surface area contributed by atoms with E-state index in [2.05, 4.69) is 5.32 Å². The minimum atomic E-state index is -0.511. The Morgan fingerprint density at radius 3 is 2.31 bits per heavy atom. The number of ether oxygens (including phenoxy) is 1. The number of benzene rings is 2. The molecule has 0 saturated heterocycles. The average Bonchev–Trinajstić information content (AvgIpc) is 2.65. The van der Waals surface area contributed by atoms with Crippen molar-refractivity contribution in [3.63, 3.8) is 0 Å². The van der Waals surface area contributed by atoms with Gasteiger partial charge in [0.05, 0.1) is 5.41 Å². The van der Waals surface area contributed by atoms with Crippen molar-refractivity contribution in [3.8, 4) is 5.75 Å². The van der Waals surface area contributed by atoms with Gasteiger partial charge in [-0.3, -0.25) is 4.79 Å². The first-order valence-electron chi connectivity index (χ1n) is 8.84. The first kappa shape index (κ1) is 22.0. The van der Waals surface area contributed by atoms with Gasteiger partial charge in [-0.2, -0.15) is 0 Å². The summed E-state index contributed by atoms with van der Waals surface area (Å²) in [5.41, 5.74) is 8.26. The SMILES string of the molecule is CCC(CC)(CN)C(=O)Nc1cccc(COc2ccccc2)c1C.Cl. The molecule has 0 aliphatic carbocycles. The zero-order valence-electron chi connectivity index (χ0n) is 15.7. The molecule has 2 aromatic carbocycles. The van der Waals surface area contributed by atoms with Gasteiger partial charge in [0.1, 0.15) is 12.4 Å². The molecule has 0 saturated carbocycles. The highest BCUT2D eigenvalue weighted by atomic mass is 35.5. The Morgan fingerprint density at radius 1 is 1.08 bits per heavy atom. The number of halogens is 1. The fourth-order valence-corrected chi connectivity index (χ4v) is 2.86. The molecule has 3 N–H and O–H groups in total. The Labute approximate surface area is 162 Å². The molecule has 2 rings (SSSR count). The van der Waals surface area contributed by atoms with E-state index < -0.39 is 5.41 Å². The first-order chi connectivity index (χ1) is 12.1. The quantitative estimate of drug-likeness (QED) is 0.701. The minimum Gasteiger partial charge on any atom is -0.489 e. The molecule has 26 heavy (non-hydrogen) atoms. The maximum absolute atomic E-state index is 12.7. The highest BCUT2D eigenvalue weighted by Crippen LogP contribution is 2.28. The van der Waals surface area contributed by atoms with Crippen molar-refractivity contribution in [2.75, 3.05) is 11.9 Å². The van der Waals surface area contributed by atoms with Gasteiger partial charge in [0, 0.05) is 12.2 Å². The molecule has 5 heteroatoms. The molecule has 0 spiro atoms. The molecule has 0 unspecified atom stereocenters. The Morgan fingerprint density at radius 2 is 1.73 bits per heavy atom. The van der Waals surface area contributed by atoms with E-state index in [-0.39, 0.29) is 18.3 Å². The largest absolute Gasteiger partial charge is 0.489 e. The molecule has 4 nitrogen and oxygen atoms in total. The summed E-state index contributed by atoms with van der Waals surface area (Å²) >= 11 is 0. The standard InChI is InChI=1S/C21H28N2O2.ClH/c1-4-21(5-2,15-22)20(24)23-19-13-9-10-17(16(19)3)14-25-18-11-7-6-8-12-18;/h6-13H,4-5,14-15,22H2,1-3H3,(H,23,24);1H. The maximum Gasteiger partial charge on any atom is 0.231 e. The topological polar surface area (TPSA) is 64.4 Å². The lowest BCUT2D eigenvalue weighted by Crippen LogP contribution is -2.41. The summed E-state index contributed by atoms with van der Waals surface area (Å²) in [4.78, 5) is 12.7. The summed E-state index contributed by atoms with van der Waals surface area (Å²) in [7, 11) is 0. The van der Waals surface area contributed by atoms with Crippen molar-refractivity contribution in [1.29, 1.82) is 0 Å². The van der Waals surface area contributed by atoms with Crippen LogP contribution in [0.2, 0.25) is 0 Å². The normalized spacial score (nSPS) is 10.8. The molecular formula is C21H29ClN2O2. The molecule has 0 heterocycles. The number of nitrogens with two attached hydrogens (primary N) is 1. The van der Waals surface area contributed by atoms with Crippen molar-refractivity contribution in [2.24, 2.45) is 11.1 Å². The van der Waals surface area contributed by atoms with E-state index in [1.165, 1.54) is 0 Å². The first-order valence-corrected chi connectivity index (χ1v) is 8.84. The summed E-state index contributed by atoms with van der Waals surface area (Å²) in [6.07, 6.45) is 1.45. The van der Waals surface area contributed by atoms with Crippen LogP contribution in [0.4, 0.5) is 5.69 Å². The van der Waals surface area contributed by atoms with Gasteiger partial charge in [0.2, 0.25) is 5.91 Å². The van der Waals surface area contributed by atoms with Gasteiger partial charge in [0.15, 0.2) is 0 Å². The molecule has 1 amide bonds. The van der Waals surface area contributed by atoms with Crippen LogP contribution >= 0.6 is 12.4 Å². The zero-order valence-corrected chi connectivity index (χ0v) is 16.6. The van der Waals surface area contributed by atoms with E-state index in [4.69, 9.17) is 10.5 Å². The fraction of sp³-hybridized carbons (Fsp3) is 0.381. The summed E-state index contributed by atoms with van der Waals surface area (Å²) in [5, 5.41) is 3.07. The lowest BCUT2D eigenvalue weighted by Gasteiger charge is -2.29. The number of hydrogen-bond acceptors (Lipinski definition) is 3. The van der Waals surface area contributed by atoms with Crippen LogP contribution < -0.4 is 15.8 Å². The monoisotopic (exact) mass is 376 g/mol. The Hall–Kier alpha value is -2.04. The van der Waals surface area contributed by atoms with Crippen LogP contribution in [0.25, 0.3) is 0 Å². The van der Waals surface area contributed by atoms with Crippen LogP contribution in [0.3, 0.4) is 0 Å². The number of amides is 1. The van der Waals surface area contributed by atoms with Crippen LogP contribution in [0.15, 0.2) is 48.5 Å². The number of rotatable bonds is 8. The maximum atomic E-state index is 12.7. The molecule has 0 fully saturated rings. The van der Waals surface area contributed by atoms with Gasteiger partial charge in [0.25, 0.3) is 0 Å². The Kier molecular flexibility index (Phi) is 8.62. The summed E-state index contributed by atoms with van der Waals surface area (Å²) in [6, 6.07) is 15.6. The third-order valence-corrected chi connectivity index (χ3v) is 5.06. The van der Waals surface area contributed by atoms with E-state index in [1.54, 1.807) is 0 Å². The van der Waals surface area contributed by atoms with Crippen LogP contribution in [0, 0.1) is 12.3 Å². The minimum absolute atomic E-state index is 0. The van der Waals surface area contributed by atoms with Gasteiger partial charge in [-0.1, -0.05) is 44.2 Å². The predicted octanol–water partition coefficient (Wildman–Crippen LogP) is 4.70. The van der Waals surface area contributed by atoms with E-state index in [1.807, 2.05) is 69.3 Å². The average molecular weight is 377 g/mol. The van der Waals surface area contributed by atoms with Crippen molar-refractivity contribution in [2.45, 2.75) is 40.2 Å². The lowest BCUT2D eigenvalue weighted by molar-refractivity contribution is -0.125. The third kappa shape index (κ3) is 4.99. The van der Waals surface area contributed by atoms with Gasteiger partial charge >= 0.3 is 0 Å². The highest BCUT2D eigenvalue weighted by Gasteiger charge is 2.33. The fourth-order valence-electron chi connectivity index (χ4n) is 2.86. The number of nitrogens with one attached hydrogen (secondary N) is 1. The van der Waals surface area contributed by atoms with E-state index >= 15 is 0 Å². The molecule has 0 aliphatic rings. The van der Waals surface area contributed by atoms with Crippen LogP contribution in [-0.2, 0) is 11.4 Å². The summed E-state index contributed by atoms with van der Waals surface area (Å²) < 4.78 is 5.83. The zero-order chi connectivity index (χ0) is 18.3. The number of carbonyl (C=O) groups is 1. The number of para-hydroxylation sites is 1. The van der Waals surface area contributed by atoms with E-state index in [0.29, 0.717) is 13.2 Å². The lowest BCUT2D eigenvalue weighted by atomic mass is 9.81. The molecule has 0 aliphatic heterocycles. The second-order valence-corrected chi connectivity index (χ2v) is 6.34. The van der Waals surface area contributed by atoms with E-state index in [0.717, 1.165) is 35.4 Å². The van der Waals surface area contributed by atoms with Gasteiger partial charge < -0.3 is 15.8 Å². The Balaban J connectivity index is 0.00000338. The van der Waals surface area contributed by atoms with Crippen molar-refractivity contribution in [1.82, 2.24) is 0 Å². The van der Waals surface area contributed by atoms with Crippen LogP contribution in [-0.4, -0.2) is 12.5 Å². The number of anilines is 1. The second kappa shape index (κ2) is 10.2. The molecule has 0 radical (unpaired) electrons. The number of hydrogen-bond donors (Lipinski definition) is 2. The van der Waals surface area contributed by atoms with Crippen LogP contribution in [0.1, 0.15) is 37.8 Å². The predicted molar refractivity (Wildman–Crippen MR) is 110 cm³/mol. The second-order valence-electron chi connectivity index (χ2n) is 6.34. The summed E-state index contributed by atoms with van der Waals surface area (Å²) in [6.45, 7) is 6.83. The van der Waals surface area contributed by atoms with Gasteiger partial charge in [-0.15, -0.1) is 12.4 Å². The molecule has 2 aromatic rings. The van der Waals surface area contributed by atoms with Crippen molar-refractivity contribution < 1.29 is 9.53 Å². The molecule has 0 atom stereocenters. The van der Waals surface area contributed by atoms with Crippen LogP contribution in [0.5, 0.6) is 5.75 Å². The van der Waals surface area contributed by atoms with Crippen molar-refractivity contribution >= 4 is 24.0 Å². The Bertz CT molecular complexity index is 692.